The summed E-state index contributed by atoms with van der Waals surface area (Å²) in [6, 6.07) is 0.444. The minimum atomic E-state index is 0.0641. The molecule has 1 saturated carbocycles. The van der Waals surface area contributed by atoms with Gasteiger partial charge in [0, 0.05) is 19.7 Å². The number of carbonyl (C=O) groups is 1. The highest BCUT2D eigenvalue weighted by molar-refractivity contribution is 5.77. The molecule has 0 bridgehead atoms. The van der Waals surface area contributed by atoms with Gasteiger partial charge in [-0.25, -0.2) is 0 Å². The number of rotatable bonds is 3. The maximum absolute atomic E-state index is 11.2. The molecule has 0 radical (unpaired) electrons. The fourth-order valence-corrected chi connectivity index (χ4v) is 3.07. The van der Waals surface area contributed by atoms with Crippen LogP contribution in [0.5, 0.6) is 0 Å². The van der Waals surface area contributed by atoms with E-state index in [0.717, 1.165) is 19.4 Å². The van der Waals surface area contributed by atoms with Crippen LogP contribution in [0, 0.1) is 0 Å². The zero-order valence-electron chi connectivity index (χ0n) is 10.8. The molecule has 1 atom stereocenters. The van der Waals surface area contributed by atoms with Crippen LogP contribution >= 0.6 is 0 Å². The van der Waals surface area contributed by atoms with E-state index in [4.69, 9.17) is 4.74 Å². The third-order valence-electron chi connectivity index (χ3n) is 4.09. The molecule has 2 aliphatic rings. The normalized spacial score (nSPS) is 27.9. The monoisotopic (exact) mass is 240 g/mol. The van der Waals surface area contributed by atoms with Gasteiger partial charge in [0.05, 0.1) is 12.1 Å². The molecule has 2 fully saturated rings. The Labute approximate surface area is 103 Å². The summed E-state index contributed by atoms with van der Waals surface area (Å²) < 4.78 is 6.03. The van der Waals surface area contributed by atoms with Crippen molar-refractivity contribution in [1.82, 2.24) is 10.6 Å². The molecule has 2 N–H and O–H groups in total. The van der Waals surface area contributed by atoms with Crippen LogP contribution in [0.3, 0.4) is 0 Å². The van der Waals surface area contributed by atoms with Crippen LogP contribution in [0.15, 0.2) is 0 Å². The Balaban J connectivity index is 1.81. The molecular formula is C13H24N2O2. The molecule has 1 spiro atoms. The Hall–Kier alpha value is -0.610. The molecular weight excluding hydrogens is 216 g/mol. The van der Waals surface area contributed by atoms with E-state index in [1.165, 1.54) is 32.1 Å². The molecule has 0 aromatic heterocycles. The number of hydrogen-bond donors (Lipinski definition) is 2. The summed E-state index contributed by atoms with van der Waals surface area (Å²) in [7, 11) is 1.68. The van der Waals surface area contributed by atoms with E-state index in [9.17, 15) is 4.79 Å². The third kappa shape index (κ3) is 3.42. The van der Waals surface area contributed by atoms with Crippen LogP contribution in [-0.4, -0.2) is 37.7 Å². The van der Waals surface area contributed by atoms with Crippen molar-refractivity contribution in [3.05, 3.63) is 0 Å². The molecule has 1 unspecified atom stereocenters. The van der Waals surface area contributed by atoms with Crippen molar-refractivity contribution in [2.24, 2.45) is 0 Å². The van der Waals surface area contributed by atoms with E-state index in [1.807, 2.05) is 0 Å². The summed E-state index contributed by atoms with van der Waals surface area (Å²) in [6.45, 7) is 1.27. The fraction of sp³-hybridized carbons (Fsp3) is 0.923. The average Bonchev–Trinajstić information content (AvgIpc) is 2.37. The Kier molecular flexibility index (Phi) is 4.40. The summed E-state index contributed by atoms with van der Waals surface area (Å²) in [6.07, 6.45) is 8.44. The van der Waals surface area contributed by atoms with Gasteiger partial charge in [-0.05, 0) is 25.7 Å². The van der Waals surface area contributed by atoms with Crippen molar-refractivity contribution in [2.75, 3.05) is 20.2 Å². The van der Waals surface area contributed by atoms with Gasteiger partial charge in [-0.3, -0.25) is 4.79 Å². The van der Waals surface area contributed by atoms with Crippen LogP contribution in [0.25, 0.3) is 0 Å². The lowest BCUT2D eigenvalue weighted by molar-refractivity contribution is -0.122. The highest BCUT2D eigenvalue weighted by Crippen LogP contribution is 2.38. The average molecular weight is 240 g/mol. The molecule has 1 aliphatic heterocycles. The van der Waals surface area contributed by atoms with Crippen molar-refractivity contribution >= 4 is 5.91 Å². The molecule has 1 amide bonds. The molecule has 0 aromatic rings. The van der Waals surface area contributed by atoms with Crippen LogP contribution in [0.1, 0.15) is 44.9 Å². The molecule has 98 valence electrons. The van der Waals surface area contributed by atoms with Crippen molar-refractivity contribution in [2.45, 2.75) is 56.6 Å². The number of likely N-dealkylation sites (N-methyl/N-ethyl adjacent to an activating group) is 1. The van der Waals surface area contributed by atoms with Crippen LogP contribution in [-0.2, 0) is 9.53 Å². The molecule has 1 saturated heterocycles. The summed E-state index contributed by atoms with van der Waals surface area (Å²) in [5, 5.41) is 5.99. The van der Waals surface area contributed by atoms with E-state index in [-0.39, 0.29) is 11.5 Å². The van der Waals surface area contributed by atoms with Gasteiger partial charge in [0.1, 0.15) is 0 Å². The zero-order chi connectivity index (χ0) is 12.1. The van der Waals surface area contributed by atoms with Crippen molar-refractivity contribution in [3.63, 3.8) is 0 Å². The first-order valence-electron chi connectivity index (χ1n) is 6.82. The number of amides is 1. The molecule has 17 heavy (non-hydrogen) atoms. The predicted octanol–water partition coefficient (Wildman–Crippen LogP) is 1.20. The largest absolute Gasteiger partial charge is 0.375 e. The Morgan fingerprint density at radius 2 is 2.12 bits per heavy atom. The fourth-order valence-electron chi connectivity index (χ4n) is 3.07. The van der Waals surface area contributed by atoms with Crippen molar-refractivity contribution in [1.29, 1.82) is 0 Å². The Bertz CT molecular complexity index is 257. The zero-order valence-corrected chi connectivity index (χ0v) is 10.8. The summed E-state index contributed by atoms with van der Waals surface area (Å²) in [4.78, 5) is 11.2. The van der Waals surface area contributed by atoms with Gasteiger partial charge in [0.2, 0.25) is 5.91 Å². The number of nitrogens with one attached hydrogen (secondary N) is 2. The van der Waals surface area contributed by atoms with Crippen molar-refractivity contribution < 1.29 is 9.53 Å². The topological polar surface area (TPSA) is 50.4 Å². The number of hydrogen-bond acceptors (Lipinski definition) is 3. The molecule has 4 nitrogen and oxygen atoms in total. The lowest BCUT2D eigenvalue weighted by Gasteiger charge is -2.43. The van der Waals surface area contributed by atoms with E-state index < -0.39 is 0 Å². The Morgan fingerprint density at radius 1 is 1.35 bits per heavy atom. The van der Waals surface area contributed by atoms with E-state index in [0.29, 0.717) is 12.6 Å². The molecule has 0 aromatic carbocycles. The van der Waals surface area contributed by atoms with E-state index in [2.05, 4.69) is 10.6 Å². The maximum Gasteiger partial charge on any atom is 0.233 e. The second-order valence-corrected chi connectivity index (χ2v) is 5.34. The number of carbonyl (C=O) groups excluding carboxylic acids is 1. The second kappa shape index (κ2) is 5.83. The van der Waals surface area contributed by atoms with Crippen LogP contribution in [0.2, 0.25) is 0 Å². The predicted molar refractivity (Wildman–Crippen MR) is 66.9 cm³/mol. The second-order valence-electron chi connectivity index (χ2n) is 5.34. The molecule has 2 rings (SSSR count). The minimum Gasteiger partial charge on any atom is -0.375 e. The molecule has 1 heterocycles. The standard InChI is InChI=1S/C13H24N2O2/c1-14-12(16)10-15-11-5-8-17-13(9-11)6-3-2-4-7-13/h11,15H,2-10H2,1H3,(H,14,16). The van der Waals surface area contributed by atoms with Gasteiger partial charge in [0.25, 0.3) is 0 Å². The first-order valence-corrected chi connectivity index (χ1v) is 6.82. The summed E-state index contributed by atoms with van der Waals surface area (Å²) >= 11 is 0. The summed E-state index contributed by atoms with van der Waals surface area (Å²) in [5.74, 6) is 0.0641. The summed E-state index contributed by atoms with van der Waals surface area (Å²) in [5.41, 5.74) is 0.122. The van der Waals surface area contributed by atoms with E-state index >= 15 is 0 Å². The van der Waals surface area contributed by atoms with Crippen molar-refractivity contribution in [3.8, 4) is 0 Å². The molecule has 4 heteroatoms. The quantitative estimate of drug-likeness (QED) is 0.779. The minimum absolute atomic E-state index is 0.0641. The smallest absolute Gasteiger partial charge is 0.233 e. The lowest BCUT2D eigenvalue weighted by Crippen LogP contribution is -2.49. The Morgan fingerprint density at radius 3 is 2.82 bits per heavy atom. The highest BCUT2D eigenvalue weighted by atomic mass is 16.5. The first-order chi connectivity index (χ1) is 8.24. The highest BCUT2D eigenvalue weighted by Gasteiger charge is 2.38. The van der Waals surface area contributed by atoms with Gasteiger partial charge < -0.3 is 15.4 Å². The third-order valence-corrected chi connectivity index (χ3v) is 4.09. The van der Waals surface area contributed by atoms with Gasteiger partial charge in [-0.2, -0.15) is 0 Å². The van der Waals surface area contributed by atoms with Gasteiger partial charge >= 0.3 is 0 Å². The lowest BCUT2D eigenvalue weighted by atomic mass is 9.78. The van der Waals surface area contributed by atoms with Crippen LogP contribution < -0.4 is 10.6 Å². The first kappa shape index (κ1) is 12.8. The van der Waals surface area contributed by atoms with Gasteiger partial charge in [-0.15, -0.1) is 0 Å². The van der Waals surface area contributed by atoms with E-state index in [1.54, 1.807) is 7.05 Å². The SMILES string of the molecule is CNC(=O)CNC1CCOC2(CCCCC2)C1. The molecule has 1 aliphatic carbocycles. The van der Waals surface area contributed by atoms with Crippen LogP contribution in [0.4, 0.5) is 0 Å². The van der Waals surface area contributed by atoms with Gasteiger partial charge in [0.15, 0.2) is 0 Å². The number of ether oxygens (including phenoxy) is 1. The maximum atomic E-state index is 11.2. The van der Waals surface area contributed by atoms with Gasteiger partial charge in [-0.1, -0.05) is 19.3 Å².